The molecule has 3 nitrogen and oxygen atoms in total. The van der Waals surface area contributed by atoms with E-state index in [1.54, 1.807) is 7.11 Å². The second-order valence-corrected chi connectivity index (χ2v) is 3.13. The summed E-state index contributed by atoms with van der Waals surface area (Å²) in [5, 5.41) is 0. The molecule has 0 saturated heterocycles. The molecule has 0 aliphatic carbocycles. The molecule has 3 heteroatoms. The molecule has 2 N–H and O–H groups in total. The Bertz CT molecular complexity index is 297. The maximum Gasteiger partial charge on any atom is 0.127 e. The minimum Gasteiger partial charge on any atom is -0.497 e. The van der Waals surface area contributed by atoms with Crippen molar-refractivity contribution in [1.82, 2.24) is 0 Å². The average Bonchev–Trinajstić information content (AvgIpc) is 2.17. The van der Waals surface area contributed by atoms with E-state index in [1.165, 1.54) is 0 Å². The van der Waals surface area contributed by atoms with Gasteiger partial charge in [-0.2, -0.15) is 0 Å². The zero-order valence-corrected chi connectivity index (χ0v) is 8.91. The van der Waals surface area contributed by atoms with E-state index in [4.69, 9.17) is 15.2 Å². The largest absolute Gasteiger partial charge is 0.497 e. The van der Waals surface area contributed by atoms with Gasteiger partial charge in [0.1, 0.15) is 11.5 Å². The Hall–Kier alpha value is -1.22. The van der Waals surface area contributed by atoms with Crippen molar-refractivity contribution in [3.8, 4) is 11.5 Å². The van der Waals surface area contributed by atoms with Gasteiger partial charge in [-0.3, -0.25) is 0 Å². The van der Waals surface area contributed by atoms with Crippen molar-refractivity contribution in [3.05, 3.63) is 23.8 Å². The van der Waals surface area contributed by atoms with E-state index in [1.807, 2.05) is 32.0 Å². The second kappa shape index (κ2) is 4.86. The minimum absolute atomic E-state index is 0.0255. The van der Waals surface area contributed by atoms with Gasteiger partial charge < -0.3 is 15.2 Å². The maximum absolute atomic E-state index is 5.82. The fourth-order valence-electron chi connectivity index (χ4n) is 1.30. The van der Waals surface area contributed by atoms with Crippen LogP contribution in [-0.2, 0) is 0 Å². The highest BCUT2D eigenvalue weighted by atomic mass is 16.5. The van der Waals surface area contributed by atoms with Crippen molar-refractivity contribution < 1.29 is 9.47 Å². The summed E-state index contributed by atoms with van der Waals surface area (Å²) in [6, 6.07) is 5.67. The summed E-state index contributed by atoms with van der Waals surface area (Å²) in [5.74, 6) is 1.60. The highest BCUT2D eigenvalue weighted by Crippen LogP contribution is 2.28. The van der Waals surface area contributed by atoms with Crippen LogP contribution in [0.15, 0.2) is 18.2 Å². The summed E-state index contributed by atoms with van der Waals surface area (Å²) in [6.07, 6.45) is 0. The van der Waals surface area contributed by atoms with Gasteiger partial charge in [0.05, 0.1) is 13.7 Å². The first-order chi connectivity index (χ1) is 6.69. The fraction of sp³-hybridized carbons (Fsp3) is 0.455. The molecule has 1 atom stereocenters. The Morgan fingerprint density at radius 1 is 1.43 bits per heavy atom. The molecule has 0 aliphatic heterocycles. The van der Waals surface area contributed by atoms with Crippen LogP contribution < -0.4 is 15.2 Å². The van der Waals surface area contributed by atoms with Gasteiger partial charge in [0.25, 0.3) is 0 Å². The average molecular weight is 195 g/mol. The summed E-state index contributed by atoms with van der Waals surface area (Å²) in [4.78, 5) is 0. The van der Waals surface area contributed by atoms with E-state index in [9.17, 15) is 0 Å². The van der Waals surface area contributed by atoms with E-state index in [0.29, 0.717) is 6.61 Å². The molecule has 1 unspecified atom stereocenters. The topological polar surface area (TPSA) is 44.5 Å². The monoisotopic (exact) mass is 195 g/mol. The molecule has 0 heterocycles. The van der Waals surface area contributed by atoms with Crippen molar-refractivity contribution in [3.63, 3.8) is 0 Å². The molecule has 1 aromatic rings. The predicted octanol–water partition coefficient (Wildman–Crippen LogP) is 2.11. The van der Waals surface area contributed by atoms with Gasteiger partial charge in [0, 0.05) is 17.7 Å². The van der Waals surface area contributed by atoms with Crippen molar-refractivity contribution in [2.45, 2.75) is 19.9 Å². The summed E-state index contributed by atoms with van der Waals surface area (Å²) in [6.45, 7) is 4.52. The van der Waals surface area contributed by atoms with Gasteiger partial charge >= 0.3 is 0 Å². The Morgan fingerprint density at radius 2 is 2.14 bits per heavy atom. The van der Waals surface area contributed by atoms with Gasteiger partial charge in [0.2, 0.25) is 0 Å². The van der Waals surface area contributed by atoms with E-state index in [2.05, 4.69) is 0 Å². The third kappa shape index (κ3) is 2.39. The smallest absolute Gasteiger partial charge is 0.127 e. The molecule has 0 aliphatic rings. The first kappa shape index (κ1) is 10.9. The number of methoxy groups -OCH3 is 1. The number of hydrogen-bond acceptors (Lipinski definition) is 3. The molecule has 1 aromatic carbocycles. The lowest BCUT2D eigenvalue weighted by molar-refractivity contribution is 0.331. The van der Waals surface area contributed by atoms with Crippen molar-refractivity contribution in [2.75, 3.05) is 13.7 Å². The number of benzene rings is 1. The van der Waals surface area contributed by atoms with E-state index < -0.39 is 0 Å². The molecule has 78 valence electrons. The molecule has 0 bridgehead atoms. The van der Waals surface area contributed by atoms with Crippen molar-refractivity contribution in [2.24, 2.45) is 5.73 Å². The van der Waals surface area contributed by atoms with E-state index in [-0.39, 0.29) is 6.04 Å². The van der Waals surface area contributed by atoms with Crippen LogP contribution in [0.4, 0.5) is 0 Å². The van der Waals surface area contributed by atoms with Crippen LogP contribution in [0.5, 0.6) is 11.5 Å². The van der Waals surface area contributed by atoms with E-state index in [0.717, 1.165) is 17.1 Å². The lowest BCUT2D eigenvalue weighted by atomic mass is 10.1. The molecule has 1 rings (SSSR count). The van der Waals surface area contributed by atoms with Gasteiger partial charge in [-0.1, -0.05) is 6.07 Å². The summed E-state index contributed by atoms with van der Waals surface area (Å²) in [5.41, 5.74) is 6.82. The maximum atomic E-state index is 5.82. The molecular weight excluding hydrogens is 178 g/mol. The molecule has 14 heavy (non-hydrogen) atoms. The Morgan fingerprint density at radius 3 is 2.64 bits per heavy atom. The van der Waals surface area contributed by atoms with Crippen LogP contribution in [0, 0.1) is 0 Å². The van der Waals surface area contributed by atoms with Crippen LogP contribution >= 0.6 is 0 Å². The Kier molecular flexibility index (Phi) is 3.77. The molecule has 0 fully saturated rings. The standard InChI is InChI=1S/C11H17NO2/c1-4-14-11-7-9(13-3)5-6-10(11)8(2)12/h5-8H,4,12H2,1-3H3. The summed E-state index contributed by atoms with van der Waals surface area (Å²) in [7, 11) is 1.64. The van der Waals surface area contributed by atoms with Gasteiger partial charge in [-0.05, 0) is 19.9 Å². The number of rotatable bonds is 4. The lowest BCUT2D eigenvalue weighted by Gasteiger charge is -2.14. The van der Waals surface area contributed by atoms with Crippen LogP contribution in [-0.4, -0.2) is 13.7 Å². The normalized spacial score (nSPS) is 12.3. The van der Waals surface area contributed by atoms with Crippen LogP contribution in [0.2, 0.25) is 0 Å². The molecule has 0 aromatic heterocycles. The second-order valence-electron chi connectivity index (χ2n) is 3.13. The van der Waals surface area contributed by atoms with Gasteiger partial charge in [0.15, 0.2) is 0 Å². The zero-order chi connectivity index (χ0) is 10.6. The molecule has 0 spiro atoms. The molecule has 0 saturated carbocycles. The van der Waals surface area contributed by atoms with Crippen molar-refractivity contribution in [1.29, 1.82) is 0 Å². The van der Waals surface area contributed by atoms with Gasteiger partial charge in [-0.25, -0.2) is 0 Å². The Labute approximate surface area is 84.8 Å². The van der Waals surface area contributed by atoms with Crippen LogP contribution in [0.3, 0.4) is 0 Å². The zero-order valence-electron chi connectivity index (χ0n) is 8.91. The summed E-state index contributed by atoms with van der Waals surface area (Å²) >= 11 is 0. The number of nitrogens with two attached hydrogens (primary N) is 1. The highest BCUT2D eigenvalue weighted by Gasteiger charge is 2.08. The lowest BCUT2D eigenvalue weighted by Crippen LogP contribution is -2.08. The Balaban J connectivity index is 3.03. The number of hydrogen-bond donors (Lipinski definition) is 1. The SMILES string of the molecule is CCOc1cc(OC)ccc1C(C)N. The van der Waals surface area contributed by atoms with Crippen molar-refractivity contribution >= 4 is 0 Å². The van der Waals surface area contributed by atoms with Crippen LogP contribution in [0.25, 0.3) is 0 Å². The first-order valence-electron chi connectivity index (χ1n) is 4.75. The third-order valence-corrected chi connectivity index (χ3v) is 2.01. The number of ether oxygens (including phenoxy) is 2. The highest BCUT2D eigenvalue weighted by molar-refractivity contribution is 5.42. The molecular formula is C11H17NO2. The quantitative estimate of drug-likeness (QED) is 0.800. The van der Waals surface area contributed by atoms with Crippen LogP contribution in [0.1, 0.15) is 25.5 Å². The minimum atomic E-state index is -0.0255. The molecule has 0 radical (unpaired) electrons. The third-order valence-electron chi connectivity index (χ3n) is 2.01. The van der Waals surface area contributed by atoms with E-state index >= 15 is 0 Å². The fourth-order valence-corrected chi connectivity index (χ4v) is 1.30. The summed E-state index contributed by atoms with van der Waals surface area (Å²) < 4.78 is 10.6. The molecule has 0 amide bonds. The predicted molar refractivity (Wildman–Crippen MR) is 56.8 cm³/mol. The van der Waals surface area contributed by atoms with Gasteiger partial charge in [-0.15, -0.1) is 0 Å². The first-order valence-corrected chi connectivity index (χ1v) is 4.75.